The molecule has 4 nitrogen and oxygen atoms in total. The van der Waals surface area contributed by atoms with Gasteiger partial charge in [-0.05, 0) is 13.8 Å². The van der Waals surface area contributed by atoms with Crippen LogP contribution in [0.3, 0.4) is 0 Å². The fraction of sp³-hybridized carbons (Fsp3) is 0.636. The molecule has 116 valence electrons. The van der Waals surface area contributed by atoms with Crippen LogP contribution in [0, 0.1) is 0 Å². The minimum atomic E-state index is -6.08. The Kier molecular flexibility index (Phi) is 6.11. The number of esters is 1. The van der Waals surface area contributed by atoms with E-state index in [0.29, 0.717) is 6.20 Å². The number of hydrogen-bond acceptors (Lipinski definition) is 4. The van der Waals surface area contributed by atoms with Crippen molar-refractivity contribution in [3.63, 3.8) is 0 Å². The van der Waals surface area contributed by atoms with E-state index in [4.69, 9.17) is 0 Å². The molecule has 0 aliphatic rings. The molecule has 9 heteroatoms. The van der Waals surface area contributed by atoms with Gasteiger partial charge < -0.3 is 9.64 Å². The lowest BCUT2D eigenvalue weighted by Gasteiger charge is -2.21. The number of ether oxygens (including phenoxy) is 1. The normalized spacial score (nSPS) is 13.1. The van der Waals surface area contributed by atoms with Crippen molar-refractivity contribution >= 4 is 11.8 Å². The number of rotatable bonds is 6. The highest BCUT2D eigenvalue weighted by atomic mass is 19.4. The summed E-state index contributed by atoms with van der Waals surface area (Å²) in [7, 11) is 0.775. The van der Waals surface area contributed by atoms with Crippen LogP contribution in [0.2, 0.25) is 0 Å². The first-order valence-electron chi connectivity index (χ1n) is 5.56. The first-order chi connectivity index (χ1) is 9.02. The molecule has 0 rings (SSSR count). The molecule has 0 unspecified atom stereocenters. The molecule has 0 aliphatic heterocycles. The second kappa shape index (κ2) is 6.67. The Labute approximate surface area is 112 Å². The molecule has 0 amide bonds. The summed E-state index contributed by atoms with van der Waals surface area (Å²) >= 11 is 0. The van der Waals surface area contributed by atoms with Gasteiger partial charge >= 0.3 is 18.1 Å². The summed E-state index contributed by atoms with van der Waals surface area (Å²) in [5.41, 5.74) is -1.35. The average Bonchev–Trinajstić information content (AvgIpc) is 2.37. The summed E-state index contributed by atoms with van der Waals surface area (Å²) in [5, 5.41) is 0. The number of ketones is 1. The molecule has 20 heavy (non-hydrogen) atoms. The Morgan fingerprint density at radius 2 is 1.55 bits per heavy atom. The first-order valence-corrected chi connectivity index (χ1v) is 5.56. The summed E-state index contributed by atoms with van der Waals surface area (Å²) in [6, 6.07) is 0. The van der Waals surface area contributed by atoms with Gasteiger partial charge in [-0.3, -0.25) is 4.79 Å². The van der Waals surface area contributed by atoms with E-state index < -0.39 is 29.4 Å². The SMILES string of the molecule is CCN(/C=C(\C(=O)OC)C(=O)C(F)(F)C(F)(F)F)CC. The van der Waals surface area contributed by atoms with Crippen LogP contribution >= 0.6 is 0 Å². The van der Waals surface area contributed by atoms with Crippen LogP contribution < -0.4 is 0 Å². The van der Waals surface area contributed by atoms with E-state index in [1.54, 1.807) is 13.8 Å². The Balaban J connectivity index is 5.69. The van der Waals surface area contributed by atoms with Crippen LogP contribution in [0.5, 0.6) is 0 Å². The van der Waals surface area contributed by atoms with Crippen LogP contribution in [0.1, 0.15) is 13.8 Å². The highest BCUT2D eigenvalue weighted by molar-refractivity contribution is 6.20. The lowest BCUT2D eigenvalue weighted by Crippen LogP contribution is -2.46. The van der Waals surface area contributed by atoms with E-state index in [2.05, 4.69) is 4.74 Å². The molecule has 0 spiro atoms. The molecule has 0 N–H and O–H groups in total. The number of carbonyl (C=O) groups excluding carboxylic acids is 2. The fourth-order valence-corrected chi connectivity index (χ4v) is 1.20. The monoisotopic (exact) mass is 303 g/mol. The van der Waals surface area contributed by atoms with Gasteiger partial charge in [0.1, 0.15) is 5.57 Å². The van der Waals surface area contributed by atoms with Crippen molar-refractivity contribution in [3.8, 4) is 0 Å². The summed E-state index contributed by atoms with van der Waals surface area (Å²) in [6.45, 7) is 3.56. The quantitative estimate of drug-likeness (QED) is 0.248. The third-order valence-electron chi connectivity index (χ3n) is 2.42. The lowest BCUT2D eigenvalue weighted by molar-refractivity contribution is -0.266. The van der Waals surface area contributed by atoms with Crippen LogP contribution in [0.4, 0.5) is 22.0 Å². The fourth-order valence-electron chi connectivity index (χ4n) is 1.20. The molecule has 0 heterocycles. The van der Waals surface area contributed by atoms with E-state index in [1.165, 1.54) is 4.90 Å². The standard InChI is InChI=1S/C11H14F5NO3/c1-4-17(5-2)6-7(9(19)20-3)8(18)10(12,13)11(14,15)16/h6H,4-5H2,1-3H3/b7-6-. The number of halogens is 5. The maximum Gasteiger partial charge on any atom is 0.461 e. The number of carbonyl (C=O) groups is 2. The van der Waals surface area contributed by atoms with Gasteiger partial charge in [-0.25, -0.2) is 4.79 Å². The van der Waals surface area contributed by atoms with Crippen molar-refractivity contribution in [2.75, 3.05) is 20.2 Å². The van der Waals surface area contributed by atoms with Crippen molar-refractivity contribution in [2.45, 2.75) is 25.9 Å². The zero-order valence-corrected chi connectivity index (χ0v) is 11.1. The summed E-state index contributed by atoms with van der Waals surface area (Å²) < 4.78 is 66.5. The summed E-state index contributed by atoms with van der Waals surface area (Å²) in [5.74, 6) is -9.84. The molecular formula is C11H14F5NO3. The molecule has 0 saturated heterocycles. The Bertz CT molecular complexity index is 399. The van der Waals surface area contributed by atoms with Crippen LogP contribution in [0.15, 0.2) is 11.8 Å². The smallest absolute Gasteiger partial charge is 0.461 e. The minimum Gasteiger partial charge on any atom is -0.465 e. The predicted octanol–water partition coefficient (Wildman–Crippen LogP) is 2.15. The maximum absolute atomic E-state index is 13.0. The van der Waals surface area contributed by atoms with Gasteiger partial charge in [0.05, 0.1) is 7.11 Å². The average molecular weight is 303 g/mol. The summed E-state index contributed by atoms with van der Waals surface area (Å²) in [4.78, 5) is 23.8. The number of nitrogens with zero attached hydrogens (tertiary/aromatic N) is 1. The highest BCUT2D eigenvalue weighted by Crippen LogP contribution is 2.38. The third-order valence-corrected chi connectivity index (χ3v) is 2.42. The molecule has 0 radical (unpaired) electrons. The van der Waals surface area contributed by atoms with Crippen molar-refractivity contribution in [1.82, 2.24) is 4.90 Å². The number of hydrogen-bond donors (Lipinski definition) is 0. The molecule has 0 aliphatic carbocycles. The first kappa shape index (κ1) is 18.3. The number of Topliss-reactive ketones (excluding diaryl/α,β-unsaturated/α-hetero) is 1. The summed E-state index contributed by atoms with van der Waals surface area (Å²) in [6.07, 6.45) is -5.44. The molecule has 0 bridgehead atoms. The van der Waals surface area contributed by atoms with Gasteiger partial charge in [-0.15, -0.1) is 0 Å². The van der Waals surface area contributed by atoms with E-state index >= 15 is 0 Å². The van der Waals surface area contributed by atoms with Crippen molar-refractivity contribution in [2.24, 2.45) is 0 Å². The topological polar surface area (TPSA) is 46.6 Å². The Morgan fingerprint density at radius 1 is 1.10 bits per heavy atom. The highest BCUT2D eigenvalue weighted by Gasteiger charge is 2.64. The maximum atomic E-state index is 13.0. The van der Waals surface area contributed by atoms with Gasteiger partial charge in [0, 0.05) is 19.3 Å². The molecule has 0 aromatic rings. The van der Waals surface area contributed by atoms with Crippen LogP contribution in [-0.4, -0.2) is 49.0 Å². The van der Waals surface area contributed by atoms with E-state index in [1.807, 2.05) is 0 Å². The Hall–Kier alpha value is -1.67. The zero-order valence-electron chi connectivity index (χ0n) is 11.1. The molecule has 0 aromatic heterocycles. The largest absolute Gasteiger partial charge is 0.465 e. The van der Waals surface area contributed by atoms with E-state index in [0.717, 1.165) is 7.11 Å². The zero-order chi connectivity index (χ0) is 16.1. The minimum absolute atomic E-state index is 0.210. The van der Waals surface area contributed by atoms with E-state index in [-0.39, 0.29) is 13.1 Å². The number of alkyl halides is 5. The van der Waals surface area contributed by atoms with Gasteiger partial charge in [0.2, 0.25) is 5.78 Å². The second-order valence-electron chi connectivity index (χ2n) is 3.66. The Morgan fingerprint density at radius 3 is 1.85 bits per heavy atom. The van der Waals surface area contributed by atoms with Crippen LogP contribution in [-0.2, 0) is 14.3 Å². The second-order valence-corrected chi connectivity index (χ2v) is 3.66. The van der Waals surface area contributed by atoms with Crippen LogP contribution in [0.25, 0.3) is 0 Å². The molecular weight excluding hydrogens is 289 g/mol. The van der Waals surface area contributed by atoms with E-state index in [9.17, 15) is 31.5 Å². The molecule has 0 aromatic carbocycles. The van der Waals surface area contributed by atoms with Gasteiger partial charge in [0.15, 0.2) is 0 Å². The number of methoxy groups -OCH3 is 1. The molecule has 0 saturated carbocycles. The third kappa shape index (κ3) is 3.91. The van der Waals surface area contributed by atoms with Crippen molar-refractivity contribution in [3.05, 3.63) is 11.8 Å². The predicted molar refractivity (Wildman–Crippen MR) is 59.0 cm³/mol. The van der Waals surface area contributed by atoms with Crippen molar-refractivity contribution in [1.29, 1.82) is 0 Å². The molecule has 0 atom stereocenters. The van der Waals surface area contributed by atoms with Gasteiger partial charge in [-0.2, -0.15) is 22.0 Å². The van der Waals surface area contributed by atoms with Gasteiger partial charge in [-0.1, -0.05) is 0 Å². The lowest BCUT2D eigenvalue weighted by atomic mass is 10.1. The molecule has 0 fully saturated rings. The van der Waals surface area contributed by atoms with Gasteiger partial charge in [0.25, 0.3) is 0 Å². The van der Waals surface area contributed by atoms with Crippen molar-refractivity contribution < 1.29 is 36.3 Å².